The van der Waals surface area contributed by atoms with Gasteiger partial charge in [0.15, 0.2) is 0 Å². The zero-order chi connectivity index (χ0) is 9.97. The molecule has 1 aromatic rings. The molecule has 2 rings (SSSR count). The van der Waals surface area contributed by atoms with Crippen molar-refractivity contribution in [1.82, 2.24) is 0 Å². The summed E-state index contributed by atoms with van der Waals surface area (Å²) in [5.74, 6) is 0. The Hall–Kier alpha value is -0.790. The number of rotatable bonds is 1. The lowest BCUT2D eigenvalue weighted by atomic mass is 10.1. The number of benzene rings is 1. The number of hydrogen-bond acceptors (Lipinski definition) is 1. The average molecular weight is 208 g/mol. The van der Waals surface area contributed by atoms with Crippen molar-refractivity contribution in [2.75, 3.05) is 0 Å². The van der Waals surface area contributed by atoms with E-state index in [1.165, 1.54) is 11.1 Å². The first-order valence-corrected chi connectivity index (χ1v) is 5.32. The van der Waals surface area contributed by atoms with Gasteiger partial charge in [0, 0.05) is 11.1 Å². The van der Waals surface area contributed by atoms with Gasteiger partial charge in [0.25, 0.3) is 0 Å². The maximum atomic E-state index is 5.91. The lowest BCUT2D eigenvalue weighted by molar-refractivity contribution is 0.711. The van der Waals surface area contributed by atoms with E-state index in [4.69, 9.17) is 17.3 Å². The van der Waals surface area contributed by atoms with Gasteiger partial charge in [-0.05, 0) is 37.0 Å². The maximum absolute atomic E-state index is 5.91. The molecule has 14 heavy (non-hydrogen) atoms. The van der Waals surface area contributed by atoms with Gasteiger partial charge in [-0.15, -0.1) is 0 Å². The van der Waals surface area contributed by atoms with Crippen molar-refractivity contribution in [2.24, 2.45) is 5.73 Å². The maximum Gasteiger partial charge on any atom is 0.0411 e. The van der Waals surface area contributed by atoms with Gasteiger partial charge < -0.3 is 5.73 Å². The summed E-state index contributed by atoms with van der Waals surface area (Å²) in [4.78, 5) is 0. The summed E-state index contributed by atoms with van der Waals surface area (Å²) >= 11 is 5.91. The van der Waals surface area contributed by atoms with Gasteiger partial charge >= 0.3 is 0 Å². The fourth-order valence-electron chi connectivity index (χ4n) is 1.87. The van der Waals surface area contributed by atoms with Crippen molar-refractivity contribution in [2.45, 2.75) is 25.3 Å². The molecule has 1 fully saturated rings. The Morgan fingerprint density at radius 1 is 1.43 bits per heavy atom. The van der Waals surface area contributed by atoms with Crippen molar-refractivity contribution in [1.29, 1.82) is 0 Å². The predicted molar refractivity (Wildman–Crippen MR) is 61.3 cm³/mol. The number of hydrogen-bond donors (Lipinski definition) is 1. The third-order valence-electron chi connectivity index (χ3n) is 2.58. The SMILES string of the molecule is NC1CC/C(=C/c2cccc(Cl)c2)C1. The molecule has 74 valence electrons. The molecule has 0 heterocycles. The third kappa shape index (κ3) is 2.37. The summed E-state index contributed by atoms with van der Waals surface area (Å²) in [6, 6.07) is 8.29. The minimum atomic E-state index is 0.362. The predicted octanol–water partition coefficient (Wildman–Crippen LogP) is 3.23. The summed E-state index contributed by atoms with van der Waals surface area (Å²) in [5.41, 5.74) is 8.47. The van der Waals surface area contributed by atoms with Crippen molar-refractivity contribution >= 4 is 17.7 Å². The Bertz CT molecular complexity index is 357. The highest BCUT2D eigenvalue weighted by Gasteiger charge is 2.14. The monoisotopic (exact) mass is 207 g/mol. The molecule has 0 saturated heterocycles. The largest absolute Gasteiger partial charge is 0.327 e. The van der Waals surface area contributed by atoms with E-state index in [-0.39, 0.29) is 0 Å². The molecule has 0 spiro atoms. The summed E-state index contributed by atoms with van der Waals surface area (Å²) in [5, 5.41) is 0.793. The normalized spacial score (nSPS) is 24.4. The highest BCUT2D eigenvalue weighted by atomic mass is 35.5. The molecular weight excluding hydrogens is 194 g/mol. The molecule has 2 heteroatoms. The smallest absolute Gasteiger partial charge is 0.0411 e. The van der Waals surface area contributed by atoms with E-state index < -0.39 is 0 Å². The number of halogens is 1. The van der Waals surface area contributed by atoms with Crippen LogP contribution in [0.25, 0.3) is 6.08 Å². The highest BCUT2D eigenvalue weighted by molar-refractivity contribution is 6.30. The minimum absolute atomic E-state index is 0.362. The molecule has 1 unspecified atom stereocenters. The zero-order valence-electron chi connectivity index (χ0n) is 8.04. The van der Waals surface area contributed by atoms with Crippen LogP contribution >= 0.6 is 11.6 Å². The lowest BCUT2D eigenvalue weighted by Gasteiger charge is -1.99. The molecular formula is C12H14ClN. The van der Waals surface area contributed by atoms with Gasteiger partial charge in [0.05, 0.1) is 0 Å². The van der Waals surface area contributed by atoms with E-state index in [1.807, 2.05) is 18.2 Å². The average Bonchev–Trinajstić information content (AvgIpc) is 2.51. The van der Waals surface area contributed by atoms with Crippen molar-refractivity contribution in [3.63, 3.8) is 0 Å². The minimum Gasteiger partial charge on any atom is -0.327 e. The molecule has 1 atom stereocenters. The summed E-state index contributed by atoms with van der Waals surface area (Å²) in [6.07, 6.45) is 5.49. The molecule has 0 aromatic heterocycles. The second-order valence-corrected chi connectivity index (χ2v) is 4.30. The highest BCUT2D eigenvalue weighted by Crippen LogP contribution is 2.25. The molecule has 0 radical (unpaired) electrons. The van der Waals surface area contributed by atoms with E-state index in [1.54, 1.807) is 0 Å². The molecule has 0 bridgehead atoms. The molecule has 1 aliphatic carbocycles. The molecule has 0 amide bonds. The van der Waals surface area contributed by atoms with Crippen LogP contribution in [-0.2, 0) is 0 Å². The van der Waals surface area contributed by atoms with Crippen LogP contribution in [-0.4, -0.2) is 6.04 Å². The molecule has 2 N–H and O–H groups in total. The second-order valence-electron chi connectivity index (χ2n) is 3.86. The van der Waals surface area contributed by atoms with Crippen LogP contribution in [0.1, 0.15) is 24.8 Å². The first-order valence-electron chi connectivity index (χ1n) is 4.94. The van der Waals surface area contributed by atoms with Crippen LogP contribution in [0.3, 0.4) is 0 Å². The van der Waals surface area contributed by atoms with Gasteiger partial charge in [0.1, 0.15) is 0 Å². The third-order valence-corrected chi connectivity index (χ3v) is 2.82. The Kier molecular flexibility index (Phi) is 2.90. The van der Waals surface area contributed by atoms with Crippen molar-refractivity contribution in [3.8, 4) is 0 Å². The summed E-state index contributed by atoms with van der Waals surface area (Å²) in [7, 11) is 0. The van der Waals surface area contributed by atoms with Crippen LogP contribution in [0.15, 0.2) is 29.8 Å². The Labute approximate surface area is 89.6 Å². The first kappa shape index (κ1) is 9.75. The van der Waals surface area contributed by atoms with E-state index in [0.717, 1.165) is 24.3 Å². The van der Waals surface area contributed by atoms with E-state index in [0.29, 0.717) is 6.04 Å². The second kappa shape index (κ2) is 4.16. The first-order chi connectivity index (χ1) is 6.74. The number of nitrogens with two attached hydrogens (primary N) is 1. The molecule has 0 aliphatic heterocycles. The van der Waals surface area contributed by atoms with Crippen molar-refractivity contribution in [3.05, 3.63) is 40.4 Å². The molecule has 1 aromatic carbocycles. The fraction of sp³-hybridized carbons (Fsp3) is 0.333. The molecule has 1 saturated carbocycles. The van der Waals surface area contributed by atoms with Crippen LogP contribution in [0.2, 0.25) is 5.02 Å². The Morgan fingerprint density at radius 2 is 2.29 bits per heavy atom. The van der Waals surface area contributed by atoms with Gasteiger partial charge in [-0.2, -0.15) is 0 Å². The fourth-order valence-corrected chi connectivity index (χ4v) is 2.07. The van der Waals surface area contributed by atoms with Gasteiger partial charge in [-0.1, -0.05) is 35.4 Å². The summed E-state index contributed by atoms with van der Waals surface area (Å²) < 4.78 is 0. The molecule has 1 nitrogen and oxygen atoms in total. The quantitative estimate of drug-likeness (QED) is 0.752. The van der Waals surface area contributed by atoms with Gasteiger partial charge in [-0.25, -0.2) is 0 Å². The van der Waals surface area contributed by atoms with E-state index >= 15 is 0 Å². The van der Waals surface area contributed by atoms with E-state index in [2.05, 4.69) is 12.1 Å². The standard InChI is InChI=1S/C12H14ClN/c13-11-3-1-2-9(7-11)6-10-4-5-12(14)8-10/h1-3,6-7,12H,4-5,8,14H2/b10-6-. The van der Waals surface area contributed by atoms with Gasteiger partial charge in [0.2, 0.25) is 0 Å². The zero-order valence-corrected chi connectivity index (χ0v) is 8.80. The lowest BCUT2D eigenvalue weighted by Crippen LogP contribution is -2.13. The molecule has 1 aliphatic rings. The topological polar surface area (TPSA) is 26.0 Å². The Balaban J connectivity index is 2.17. The van der Waals surface area contributed by atoms with E-state index in [9.17, 15) is 0 Å². The Morgan fingerprint density at radius 3 is 2.93 bits per heavy atom. The summed E-state index contributed by atoms with van der Waals surface area (Å²) in [6.45, 7) is 0. The van der Waals surface area contributed by atoms with Crippen LogP contribution in [0, 0.1) is 0 Å². The van der Waals surface area contributed by atoms with Crippen molar-refractivity contribution < 1.29 is 0 Å². The van der Waals surface area contributed by atoms with Gasteiger partial charge in [-0.3, -0.25) is 0 Å². The van der Waals surface area contributed by atoms with Crippen LogP contribution < -0.4 is 5.73 Å². The van der Waals surface area contributed by atoms with Crippen LogP contribution in [0.5, 0.6) is 0 Å². The van der Waals surface area contributed by atoms with Crippen LogP contribution in [0.4, 0.5) is 0 Å².